The molecule has 0 amide bonds. The normalized spacial score (nSPS) is 18.6. The van der Waals surface area contributed by atoms with E-state index in [1.165, 1.54) is 12.6 Å². The first kappa shape index (κ1) is 15.0. The molecule has 7 heteroatoms. The Kier molecular flexibility index (Phi) is 4.45. The molecule has 1 atom stereocenters. The van der Waals surface area contributed by atoms with E-state index in [4.69, 9.17) is 0 Å². The highest BCUT2D eigenvalue weighted by Crippen LogP contribution is 2.27. The monoisotopic (exact) mass is 296 g/mol. The Hall–Kier alpha value is -1.39. The Morgan fingerprint density at radius 2 is 2.10 bits per heavy atom. The number of sulfonamides is 1. The summed E-state index contributed by atoms with van der Waals surface area (Å²) in [5, 5.41) is 9.23. The van der Waals surface area contributed by atoms with Gasteiger partial charge in [0.2, 0.25) is 0 Å². The lowest BCUT2D eigenvalue weighted by atomic mass is 9.85. The average Bonchev–Trinajstić information content (AvgIpc) is 2.78. The fraction of sp³-hybridized carbons (Fsp3) is 0.692. The maximum absolute atomic E-state index is 12.3. The first-order valence-corrected chi connectivity index (χ1v) is 8.34. The zero-order valence-electron chi connectivity index (χ0n) is 11.8. The summed E-state index contributed by atoms with van der Waals surface area (Å²) in [5.74, 6) is 0.727. The van der Waals surface area contributed by atoms with Crippen LogP contribution in [0.4, 0.5) is 0 Å². The van der Waals surface area contributed by atoms with E-state index in [0.717, 1.165) is 25.7 Å². The third kappa shape index (κ3) is 3.19. The summed E-state index contributed by atoms with van der Waals surface area (Å²) in [6, 6.07) is 1.43. The predicted octanol–water partition coefficient (Wildman–Crippen LogP) is 1.48. The molecular weight excluding hydrogens is 276 g/mol. The summed E-state index contributed by atoms with van der Waals surface area (Å²) >= 11 is 0. The van der Waals surface area contributed by atoms with E-state index < -0.39 is 16.1 Å². The summed E-state index contributed by atoms with van der Waals surface area (Å²) < 4.78 is 28.7. The minimum Gasteiger partial charge on any atom is -0.337 e. The van der Waals surface area contributed by atoms with E-state index in [1.807, 2.05) is 0 Å². The van der Waals surface area contributed by atoms with Gasteiger partial charge < -0.3 is 4.57 Å². The van der Waals surface area contributed by atoms with Crippen molar-refractivity contribution in [1.29, 1.82) is 5.26 Å². The Balaban J connectivity index is 2.15. The van der Waals surface area contributed by atoms with E-state index in [0.29, 0.717) is 5.82 Å². The van der Waals surface area contributed by atoms with Crippen molar-refractivity contribution in [3.63, 3.8) is 0 Å². The van der Waals surface area contributed by atoms with Gasteiger partial charge in [0.25, 0.3) is 10.0 Å². The van der Waals surface area contributed by atoms with Crippen molar-refractivity contribution in [3.05, 3.63) is 12.0 Å². The van der Waals surface area contributed by atoms with Crippen LogP contribution >= 0.6 is 0 Å². The molecule has 0 radical (unpaired) electrons. The molecular formula is C13H20N4O2S. The summed E-state index contributed by atoms with van der Waals surface area (Å²) in [6.45, 7) is 1.74. The van der Waals surface area contributed by atoms with Crippen LogP contribution in [-0.2, 0) is 17.1 Å². The number of rotatable bonds is 4. The maximum Gasteiger partial charge on any atom is 0.260 e. The largest absolute Gasteiger partial charge is 0.337 e. The Morgan fingerprint density at radius 3 is 2.60 bits per heavy atom. The molecule has 1 heterocycles. The summed E-state index contributed by atoms with van der Waals surface area (Å²) in [7, 11) is -1.99. The molecule has 0 aliphatic heterocycles. The van der Waals surface area contributed by atoms with Gasteiger partial charge >= 0.3 is 0 Å². The second-order valence-electron chi connectivity index (χ2n) is 5.36. The minimum absolute atomic E-state index is 0.0199. The van der Waals surface area contributed by atoms with E-state index in [1.54, 1.807) is 18.5 Å². The van der Waals surface area contributed by atoms with Crippen LogP contribution in [0.2, 0.25) is 0 Å². The molecule has 20 heavy (non-hydrogen) atoms. The average molecular weight is 296 g/mol. The zero-order valence-corrected chi connectivity index (χ0v) is 12.7. The molecule has 110 valence electrons. The Morgan fingerprint density at radius 1 is 1.45 bits per heavy atom. The van der Waals surface area contributed by atoms with Gasteiger partial charge in [-0.3, -0.25) is 0 Å². The number of aryl methyl sites for hydroxylation is 2. The standard InChI is InChI=1S/C13H20N4O2S/c1-10-15-13(9-17(10)2)20(18,19)16-12(8-14)11-6-4-3-5-7-11/h9,11-12,16H,3-7H2,1-2H3. The van der Waals surface area contributed by atoms with Crippen molar-refractivity contribution in [1.82, 2.24) is 14.3 Å². The molecule has 6 nitrogen and oxygen atoms in total. The first-order chi connectivity index (χ1) is 9.44. The number of hydrogen-bond acceptors (Lipinski definition) is 4. The van der Waals surface area contributed by atoms with Crippen LogP contribution in [0.5, 0.6) is 0 Å². The fourth-order valence-electron chi connectivity index (χ4n) is 2.58. The van der Waals surface area contributed by atoms with Gasteiger partial charge in [0.05, 0.1) is 6.07 Å². The fourth-order valence-corrected chi connectivity index (χ4v) is 3.83. The summed E-state index contributed by atoms with van der Waals surface area (Å²) in [5.41, 5.74) is 0. The molecule has 0 bridgehead atoms. The maximum atomic E-state index is 12.3. The van der Waals surface area contributed by atoms with Gasteiger partial charge in [0.1, 0.15) is 11.9 Å². The molecule has 0 spiro atoms. The van der Waals surface area contributed by atoms with Gasteiger partial charge in [-0.2, -0.15) is 9.98 Å². The molecule has 1 fully saturated rings. The number of hydrogen-bond donors (Lipinski definition) is 1. The van der Waals surface area contributed by atoms with Crippen LogP contribution in [0.1, 0.15) is 37.9 Å². The lowest BCUT2D eigenvalue weighted by molar-refractivity contribution is 0.323. The second-order valence-corrected chi connectivity index (χ2v) is 7.02. The molecule has 0 aromatic carbocycles. The van der Waals surface area contributed by atoms with E-state index in [-0.39, 0.29) is 10.9 Å². The predicted molar refractivity (Wildman–Crippen MR) is 74.2 cm³/mol. The highest BCUT2D eigenvalue weighted by Gasteiger charge is 2.29. The van der Waals surface area contributed by atoms with Crippen molar-refractivity contribution < 1.29 is 8.42 Å². The Bertz CT molecular complexity index is 589. The molecule has 1 unspecified atom stereocenters. The van der Waals surface area contributed by atoms with Gasteiger partial charge in [-0.15, -0.1) is 0 Å². The molecule has 1 aliphatic rings. The molecule has 0 saturated heterocycles. The van der Waals surface area contributed by atoms with Gasteiger partial charge in [-0.25, -0.2) is 13.4 Å². The van der Waals surface area contributed by atoms with Gasteiger partial charge in [0.15, 0.2) is 5.03 Å². The molecule has 1 aromatic rings. The van der Waals surface area contributed by atoms with Crippen LogP contribution in [0, 0.1) is 24.2 Å². The van der Waals surface area contributed by atoms with Gasteiger partial charge in [-0.1, -0.05) is 19.3 Å². The Labute approximate surface area is 119 Å². The second kappa shape index (κ2) is 5.94. The third-order valence-corrected chi connectivity index (χ3v) is 5.22. The quantitative estimate of drug-likeness (QED) is 0.911. The number of nitriles is 1. The zero-order chi connectivity index (χ0) is 14.8. The van der Waals surface area contributed by atoms with E-state index >= 15 is 0 Å². The highest BCUT2D eigenvalue weighted by atomic mass is 32.2. The van der Waals surface area contributed by atoms with Crippen molar-refractivity contribution in [2.24, 2.45) is 13.0 Å². The molecule has 1 N–H and O–H groups in total. The lowest BCUT2D eigenvalue weighted by Gasteiger charge is -2.25. The van der Waals surface area contributed by atoms with Crippen LogP contribution in [0.25, 0.3) is 0 Å². The van der Waals surface area contributed by atoms with Gasteiger partial charge in [-0.05, 0) is 25.7 Å². The lowest BCUT2D eigenvalue weighted by Crippen LogP contribution is -2.40. The molecule has 2 rings (SSSR count). The summed E-state index contributed by atoms with van der Waals surface area (Å²) in [4.78, 5) is 4.02. The van der Waals surface area contributed by atoms with Crippen LogP contribution in [0.3, 0.4) is 0 Å². The topological polar surface area (TPSA) is 87.8 Å². The summed E-state index contributed by atoms with van der Waals surface area (Å²) in [6.07, 6.45) is 6.57. The molecule has 1 aromatic heterocycles. The van der Waals surface area contributed by atoms with Crippen LogP contribution in [-0.4, -0.2) is 24.0 Å². The number of imidazole rings is 1. The van der Waals surface area contributed by atoms with Crippen molar-refractivity contribution in [2.75, 3.05) is 0 Å². The van der Waals surface area contributed by atoms with Crippen molar-refractivity contribution >= 4 is 10.0 Å². The van der Waals surface area contributed by atoms with Crippen molar-refractivity contribution in [3.8, 4) is 6.07 Å². The minimum atomic E-state index is -3.73. The number of aromatic nitrogens is 2. The SMILES string of the molecule is Cc1nc(S(=O)(=O)NC(C#N)C2CCCCC2)cn1C. The number of nitrogens with zero attached hydrogens (tertiary/aromatic N) is 3. The third-order valence-electron chi connectivity index (χ3n) is 3.90. The van der Waals surface area contributed by atoms with E-state index in [2.05, 4.69) is 15.8 Å². The highest BCUT2D eigenvalue weighted by molar-refractivity contribution is 7.89. The first-order valence-electron chi connectivity index (χ1n) is 6.86. The smallest absolute Gasteiger partial charge is 0.260 e. The number of nitrogens with one attached hydrogen (secondary N) is 1. The molecule has 1 aliphatic carbocycles. The van der Waals surface area contributed by atoms with Crippen molar-refractivity contribution in [2.45, 2.75) is 50.1 Å². The molecule has 1 saturated carbocycles. The van der Waals surface area contributed by atoms with Crippen LogP contribution < -0.4 is 4.72 Å². The van der Waals surface area contributed by atoms with Gasteiger partial charge in [0, 0.05) is 13.2 Å². The van der Waals surface area contributed by atoms with Crippen LogP contribution in [0.15, 0.2) is 11.2 Å². The van der Waals surface area contributed by atoms with E-state index in [9.17, 15) is 13.7 Å².